The maximum absolute atomic E-state index is 12.9. The third-order valence-electron chi connectivity index (χ3n) is 5.08. The van der Waals surface area contributed by atoms with E-state index in [9.17, 15) is 18.0 Å². The van der Waals surface area contributed by atoms with Crippen LogP contribution in [0, 0.1) is 0 Å². The van der Waals surface area contributed by atoms with E-state index in [0.29, 0.717) is 16.6 Å². The fourth-order valence-corrected chi connectivity index (χ4v) is 4.87. The highest BCUT2D eigenvalue weighted by atomic mass is 35.5. The molecule has 1 saturated carbocycles. The second-order valence-electron chi connectivity index (χ2n) is 7.13. The SMILES string of the molecule is Nc1sc2c(c1C(=O)N/N=C\c1ccc(Cl)c(C(F)(F)F)c1)CCN(C1CC1)C2. The van der Waals surface area contributed by atoms with Crippen LogP contribution in [0.25, 0.3) is 0 Å². The van der Waals surface area contributed by atoms with E-state index in [1.807, 2.05) is 0 Å². The Morgan fingerprint density at radius 2 is 2.14 bits per heavy atom. The van der Waals surface area contributed by atoms with Crippen molar-refractivity contribution in [1.82, 2.24) is 10.3 Å². The van der Waals surface area contributed by atoms with Crippen molar-refractivity contribution in [3.8, 4) is 0 Å². The number of fused-ring (bicyclic) bond motifs is 1. The number of carbonyl (C=O) groups excluding carboxylic acids is 1. The number of halogens is 4. The molecule has 154 valence electrons. The summed E-state index contributed by atoms with van der Waals surface area (Å²) < 4.78 is 38.8. The number of nitrogens with two attached hydrogens (primary N) is 1. The summed E-state index contributed by atoms with van der Waals surface area (Å²) in [6.45, 7) is 1.69. The van der Waals surface area contributed by atoms with Crippen LogP contribution in [0.1, 0.15) is 44.8 Å². The minimum absolute atomic E-state index is 0.169. The lowest BCUT2D eigenvalue weighted by molar-refractivity contribution is -0.137. The Morgan fingerprint density at radius 3 is 2.83 bits per heavy atom. The molecule has 0 radical (unpaired) electrons. The minimum atomic E-state index is -4.57. The molecule has 0 unspecified atom stereocenters. The van der Waals surface area contributed by atoms with Crippen molar-refractivity contribution in [2.45, 2.75) is 38.0 Å². The number of nitrogens with one attached hydrogen (secondary N) is 1. The molecule has 2 aromatic rings. The standard InChI is InChI=1S/C19H18ClF3N4OS/c20-14-4-1-10(7-13(14)19(21,22)23)8-25-26-18(28)16-12-5-6-27(11-2-3-11)9-15(12)29-17(16)24/h1,4,7-8,11H,2-3,5-6,9,24H2,(H,26,28)/b25-8-. The summed E-state index contributed by atoms with van der Waals surface area (Å²) in [5, 5.41) is 3.84. The summed E-state index contributed by atoms with van der Waals surface area (Å²) in [7, 11) is 0. The van der Waals surface area contributed by atoms with E-state index >= 15 is 0 Å². The zero-order valence-corrected chi connectivity index (χ0v) is 16.8. The number of nitrogens with zero attached hydrogens (tertiary/aromatic N) is 2. The van der Waals surface area contributed by atoms with Crippen molar-refractivity contribution in [2.24, 2.45) is 5.10 Å². The monoisotopic (exact) mass is 442 g/mol. The molecule has 1 aliphatic carbocycles. The van der Waals surface area contributed by atoms with Crippen LogP contribution >= 0.6 is 22.9 Å². The molecule has 4 rings (SSSR count). The average molecular weight is 443 g/mol. The van der Waals surface area contributed by atoms with Crippen molar-refractivity contribution in [1.29, 1.82) is 0 Å². The molecule has 1 amide bonds. The topological polar surface area (TPSA) is 70.7 Å². The van der Waals surface area contributed by atoms with Gasteiger partial charge in [-0.25, -0.2) is 5.43 Å². The molecule has 3 N–H and O–H groups in total. The van der Waals surface area contributed by atoms with Gasteiger partial charge in [-0.3, -0.25) is 9.69 Å². The second-order valence-corrected chi connectivity index (χ2v) is 8.67. The average Bonchev–Trinajstić information content (AvgIpc) is 3.44. The number of carbonyl (C=O) groups is 1. The molecule has 10 heteroatoms. The highest BCUT2D eigenvalue weighted by Crippen LogP contribution is 2.39. The first-order valence-electron chi connectivity index (χ1n) is 9.08. The third-order valence-corrected chi connectivity index (χ3v) is 6.46. The van der Waals surface area contributed by atoms with Gasteiger partial charge in [0.2, 0.25) is 0 Å². The molecule has 1 aromatic carbocycles. The van der Waals surface area contributed by atoms with E-state index in [0.717, 1.165) is 48.3 Å². The zero-order chi connectivity index (χ0) is 20.8. The number of nitrogen functional groups attached to an aromatic ring is 1. The van der Waals surface area contributed by atoms with Gasteiger partial charge in [-0.05, 0) is 42.5 Å². The van der Waals surface area contributed by atoms with Crippen LogP contribution in [0.4, 0.5) is 18.2 Å². The molecule has 2 aliphatic rings. The Kier molecular flexibility index (Phi) is 5.30. The molecule has 1 aliphatic heterocycles. The number of benzene rings is 1. The van der Waals surface area contributed by atoms with E-state index in [1.54, 1.807) is 0 Å². The van der Waals surface area contributed by atoms with Gasteiger partial charge in [0.05, 0.1) is 27.4 Å². The second kappa shape index (κ2) is 7.62. The molecule has 5 nitrogen and oxygen atoms in total. The van der Waals surface area contributed by atoms with Crippen molar-refractivity contribution >= 4 is 40.1 Å². The highest BCUT2D eigenvalue weighted by molar-refractivity contribution is 7.16. The summed E-state index contributed by atoms with van der Waals surface area (Å²) >= 11 is 7.01. The molecule has 29 heavy (non-hydrogen) atoms. The number of anilines is 1. The lowest BCUT2D eigenvalue weighted by atomic mass is 10.0. The van der Waals surface area contributed by atoms with Crippen molar-refractivity contribution in [3.05, 3.63) is 50.4 Å². The summed E-state index contributed by atoms with van der Waals surface area (Å²) in [5.74, 6) is -0.457. The highest BCUT2D eigenvalue weighted by Gasteiger charge is 2.35. The first-order valence-corrected chi connectivity index (χ1v) is 10.3. The number of hydrazone groups is 1. The van der Waals surface area contributed by atoms with Crippen molar-refractivity contribution in [3.63, 3.8) is 0 Å². The lowest BCUT2D eigenvalue weighted by Gasteiger charge is -2.26. The fraction of sp³-hybridized carbons (Fsp3) is 0.368. The van der Waals surface area contributed by atoms with Gasteiger partial charge < -0.3 is 5.73 Å². The summed E-state index contributed by atoms with van der Waals surface area (Å²) in [4.78, 5) is 16.1. The number of rotatable bonds is 4. The van der Waals surface area contributed by atoms with Gasteiger partial charge in [0, 0.05) is 24.0 Å². The summed E-state index contributed by atoms with van der Waals surface area (Å²) in [5.41, 5.74) is 9.03. The number of alkyl halides is 3. The van der Waals surface area contributed by atoms with Gasteiger partial charge in [0.1, 0.15) is 0 Å². The van der Waals surface area contributed by atoms with E-state index in [-0.39, 0.29) is 5.56 Å². The Hall–Kier alpha value is -2.10. The number of thiophene rings is 1. The van der Waals surface area contributed by atoms with Crippen LogP contribution < -0.4 is 11.2 Å². The van der Waals surface area contributed by atoms with Gasteiger partial charge in [-0.2, -0.15) is 18.3 Å². The maximum atomic E-state index is 12.9. The molecule has 0 bridgehead atoms. The predicted molar refractivity (Wildman–Crippen MR) is 107 cm³/mol. The normalized spacial score (nSPS) is 17.5. The van der Waals surface area contributed by atoms with Gasteiger partial charge >= 0.3 is 6.18 Å². The van der Waals surface area contributed by atoms with Gasteiger partial charge in [0.25, 0.3) is 5.91 Å². The fourth-order valence-electron chi connectivity index (χ4n) is 3.51. The van der Waals surface area contributed by atoms with Gasteiger partial charge in [-0.15, -0.1) is 11.3 Å². The predicted octanol–water partition coefficient (Wildman–Crippen LogP) is 4.29. The van der Waals surface area contributed by atoms with Crippen LogP contribution in [0.3, 0.4) is 0 Å². The molecule has 0 spiro atoms. The largest absolute Gasteiger partial charge is 0.417 e. The lowest BCUT2D eigenvalue weighted by Crippen LogP contribution is -2.32. The van der Waals surface area contributed by atoms with E-state index in [2.05, 4.69) is 15.4 Å². The molecule has 0 saturated heterocycles. The first-order chi connectivity index (χ1) is 13.7. The molecule has 0 atom stereocenters. The third kappa shape index (κ3) is 4.26. The van der Waals surface area contributed by atoms with E-state index < -0.39 is 22.7 Å². The van der Waals surface area contributed by atoms with Crippen LogP contribution in [0.2, 0.25) is 5.02 Å². The van der Waals surface area contributed by atoms with Crippen LogP contribution in [-0.2, 0) is 19.1 Å². The Labute approximate surface area is 174 Å². The maximum Gasteiger partial charge on any atom is 0.417 e. The summed E-state index contributed by atoms with van der Waals surface area (Å²) in [6.07, 6.45) is -0.230. The van der Waals surface area contributed by atoms with E-state index in [4.69, 9.17) is 17.3 Å². The summed E-state index contributed by atoms with van der Waals surface area (Å²) in [6, 6.07) is 4.06. The Balaban J connectivity index is 1.47. The molecule has 2 heterocycles. The van der Waals surface area contributed by atoms with Crippen molar-refractivity contribution < 1.29 is 18.0 Å². The number of hydrogen-bond donors (Lipinski definition) is 2. The van der Waals surface area contributed by atoms with E-state index in [1.165, 1.54) is 30.2 Å². The first kappa shape index (κ1) is 20.2. The van der Waals surface area contributed by atoms with Crippen LogP contribution in [0.15, 0.2) is 23.3 Å². The van der Waals surface area contributed by atoms with Crippen molar-refractivity contribution in [2.75, 3.05) is 12.3 Å². The van der Waals surface area contributed by atoms with Crippen LogP contribution in [-0.4, -0.2) is 29.6 Å². The number of amides is 1. The minimum Gasteiger partial charge on any atom is -0.390 e. The molecular formula is C19H18ClF3N4OS. The van der Waals surface area contributed by atoms with Crippen LogP contribution in [0.5, 0.6) is 0 Å². The van der Waals surface area contributed by atoms with Gasteiger partial charge in [0.15, 0.2) is 0 Å². The molecule has 1 fully saturated rings. The quantitative estimate of drug-likeness (QED) is 0.548. The zero-order valence-electron chi connectivity index (χ0n) is 15.2. The molecular weight excluding hydrogens is 425 g/mol. The smallest absolute Gasteiger partial charge is 0.390 e. The molecule has 1 aromatic heterocycles. The van der Waals surface area contributed by atoms with Gasteiger partial charge in [-0.1, -0.05) is 17.7 Å². The Morgan fingerprint density at radius 1 is 1.38 bits per heavy atom. The Bertz CT molecular complexity index is 985. The number of hydrogen-bond acceptors (Lipinski definition) is 5.